The number of thiocarbonyl (C=S) groups is 1. The highest BCUT2D eigenvalue weighted by atomic mass is 79.9. The zero-order valence-electron chi connectivity index (χ0n) is 15.2. The first kappa shape index (κ1) is 18.3. The van der Waals surface area contributed by atoms with E-state index in [1.807, 2.05) is 36.4 Å². The maximum atomic E-state index is 6.04. The zero-order valence-corrected chi connectivity index (χ0v) is 17.6. The van der Waals surface area contributed by atoms with Crippen molar-refractivity contribution in [3.05, 3.63) is 76.5 Å². The summed E-state index contributed by atoms with van der Waals surface area (Å²) in [5.74, 6) is 1.62. The molecule has 1 saturated heterocycles. The fraction of sp³-hybridized carbons (Fsp3) is 0.227. The van der Waals surface area contributed by atoms with E-state index in [1.165, 1.54) is 11.3 Å². The van der Waals surface area contributed by atoms with Gasteiger partial charge < -0.3 is 14.2 Å². The number of para-hydroxylation sites is 1. The van der Waals surface area contributed by atoms with Crippen molar-refractivity contribution in [3.8, 4) is 11.3 Å². The van der Waals surface area contributed by atoms with Crippen LogP contribution in [0.5, 0.6) is 0 Å². The van der Waals surface area contributed by atoms with E-state index in [-0.39, 0.29) is 0 Å². The number of nitrogens with zero attached hydrogens (tertiary/aromatic N) is 2. The molecule has 0 N–H and O–H groups in total. The molecule has 1 fully saturated rings. The van der Waals surface area contributed by atoms with E-state index < -0.39 is 0 Å². The van der Waals surface area contributed by atoms with Crippen molar-refractivity contribution in [2.45, 2.75) is 6.92 Å². The van der Waals surface area contributed by atoms with Gasteiger partial charge in [-0.15, -0.1) is 0 Å². The molecule has 3 aromatic rings. The van der Waals surface area contributed by atoms with Gasteiger partial charge >= 0.3 is 0 Å². The summed E-state index contributed by atoms with van der Waals surface area (Å²) in [6.45, 7) is 5.90. The van der Waals surface area contributed by atoms with Gasteiger partial charge in [0.1, 0.15) is 10.7 Å². The van der Waals surface area contributed by atoms with E-state index in [0.717, 1.165) is 52.7 Å². The number of anilines is 1. The Morgan fingerprint density at radius 2 is 1.63 bits per heavy atom. The van der Waals surface area contributed by atoms with Crippen molar-refractivity contribution in [2.24, 2.45) is 0 Å². The molecule has 2 aromatic carbocycles. The van der Waals surface area contributed by atoms with Crippen molar-refractivity contribution in [2.75, 3.05) is 31.1 Å². The molecule has 3 nitrogen and oxygen atoms in total. The van der Waals surface area contributed by atoms with Gasteiger partial charge in [0.25, 0.3) is 0 Å². The molecular formula is C22H21BrN2OS. The second-order valence-corrected chi connectivity index (χ2v) is 8.04. The highest BCUT2D eigenvalue weighted by molar-refractivity contribution is 9.10. The van der Waals surface area contributed by atoms with Crippen molar-refractivity contribution in [3.63, 3.8) is 0 Å². The standard InChI is InChI=1S/C22H21BrN2OS/c1-16-4-2-3-5-19(16)24-12-14-25(15-13-24)22(27)21-11-10-20(26-21)17-6-8-18(23)9-7-17/h2-11H,12-15H2,1H3. The van der Waals surface area contributed by atoms with Crippen LogP contribution in [0.1, 0.15) is 11.3 Å². The Morgan fingerprint density at radius 1 is 0.926 bits per heavy atom. The molecular weight excluding hydrogens is 420 g/mol. The Kier molecular flexibility index (Phi) is 5.32. The van der Waals surface area contributed by atoms with Crippen molar-refractivity contribution in [1.29, 1.82) is 0 Å². The SMILES string of the molecule is Cc1ccccc1N1CCN(C(=S)c2ccc(-c3ccc(Br)cc3)o2)CC1. The molecule has 0 bridgehead atoms. The minimum Gasteiger partial charge on any atom is -0.454 e. The third-order valence-corrected chi connectivity index (χ3v) is 5.96. The van der Waals surface area contributed by atoms with Gasteiger partial charge in [-0.1, -0.05) is 58.5 Å². The Labute approximate surface area is 173 Å². The van der Waals surface area contributed by atoms with Gasteiger partial charge in [-0.2, -0.15) is 0 Å². The number of aryl methyl sites for hydroxylation is 1. The minimum atomic E-state index is 0.771. The van der Waals surface area contributed by atoms with Gasteiger partial charge in [-0.05, 0) is 42.8 Å². The molecule has 1 aliphatic rings. The van der Waals surface area contributed by atoms with Crippen LogP contribution in [0.15, 0.2) is 69.6 Å². The third kappa shape index (κ3) is 3.94. The molecule has 0 aliphatic carbocycles. The summed E-state index contributed by atoms with van der Waals surface area (Å²) < 4.78 is 7.10. The topological polar surface area (TPSA) is 19.6 Å². The Hall–Kier alpha value is -2.11. The number of rotatable bonds is 3. The molecule has 0 spiro atoms. The molecule has 5 heteroatoms. The predicted molar refractivity (Wildman–Crippen MR) is 119 cm³/mol. The van der Waals surface area contributed by atoms with E-state index in [0.29, 0.717) is 0 Å². The van der Waals surface area contributed by atoms with Crippen LogP contribution in [0.25, 0.3) is 11.3 Å². The molecule has 0 atom stereocenters. The Morgan fingerprint density at radius 3 is 2.33 bits per heavy atom. The van der Waals surface area contributed by atoms with E-state index in [4.69, 9.17) is 16.6 Å². The summed E-state index contributed by atoms with van der Waals surface area (Å²) in [4.78, 5) is 5.47. The number of hydrogen-bond donors (Lipinski definition) is 0. The smallest absolute Gasteiger partial charge is 0.162 e. The lowest BCUT2D eigenvalue weighted by Gasteiger charge is -2.37. The maximum absolute atomic E-state index is 6.04. The zero-order chi connectivity index (χ0) is 18.8. The van der Waals surface area contributed by atoms with Crippen LogP contribution in [0.4, 0.5) is 5.69 Å². The lowest BCUT2D eigenvalue weighted by atomic mass is 10.1. The van der Waals surface area contributed by atoms with Crippen molar-refractivity contribution >= 4 is 38.8 Å². The monoisotopic (exact) mass is 440 g/mol. The van der Waals surface area contributed by atoms with Crippen molar-refractivity contribution in [1.82, 2.24) is 4.90 Å². The summed E-state index contributed by atoms with van der Waals surface area (Å²) in [5, 5.41) is 0. The molecule has 27 heavy (non-hydrogen) atoms. The summed E-state index contributed by atoms with van der Waals surface area (Å²) in [6, 6.07) is 20.6. The normalized spacial score (nSPS) is 14.4. The first-order valence-corrected chi connectivity index (χ1v) is 10.3. The Balaban J connectivity index is 1.43. The highest BCUT2D eigenvalue weighted by Gasteiger charge is 2.22. The number of halogens is 1. The first-order valence-electron chi connectivity index (χ1n) is 9.07. The quantitative estimate of drug-likeness (QED) is 0.499. The van der Waals surface area contributed by atoms with E-state index >= 15 is 0 Å². The molecule has 1 aromatic heterocycles. The third-order valence-electron chi connectivity index (χ3n) is 4.97. The predicted octanol–water partition coefficient (Wildman–Crippen LogP) is 5.52. The number of furan rings is 1. The molecule has 0 unspecified atom stereocenters. The van der Waals surface area contributed by atoms with Gasteiger partial charge in [-0.3, -0.25) is 0 Å². The lowest BCUT2D eigenvalue weighted by molar-refractivity contribution is 0.385. The van der Waals surface area contributed by atoms with Crippen LogP contribution >= 0.6 is 28.1 Å². The highest BCUT2D eigenvalue weighted by Crippen LogP contribution is 2.26. The fourth-order valence-electron chi connectivity index (χ4n) is 3.45. The maximum Gasteiger partial charge on any atom is 0.162 e. The van der Waals surface area contributed by atoms with Crippen LogP contribution in [0.2, 0.25) is 0 Å². The van der Waals surface area contributed by atoms with E-state index in [9.17, 15) is 0 Å². The van der Waals surface area contributed by atoms with Gasteiger partial charge in [-0.25, -0.2) is 0 Å². The van der Waals surface area contributed by atoms with Crippen LogP contribution in [-0.2, 0) is 0 Å². The summed E-state index contributed by atoms with van der Waals surface area (Å²) in [5.41, 5.74) is 3.69. The number of benzene rings is 2. The second kappa shape index (κ2) is 7.87. The lowest BCUT2D eigenvalue weighted by Crippen LogP contribution is -2.48. The second-order valence-electron chi connectivity index (χ2n) is 6.74. The summed E-state index contributed by atoms with van der Waals surface area (Å²) in [7, 11) is 0. The minimum absolute atomic E-state index is 0.771. The number of piperazine rings is 1. The molecule has 0 amide bonds. The van der Waals surface area contributed by atoms with Crippen LogP contribution in [-0.4, -0.2) is 36.1 Å². The molecule has 4 rings (SSSR count). The fourth-order valence-corrected chi connectivity index (χ4v) is 4.00. The molecule has 0 saturated carbocycles. The Bertz CT molecular complexity index is 943. The molecule has 1 aliphatic heterocycles. The molecule has 138 valence electrons. The van der Waals surface area contributed by atoms with Gasteiger partial charge in [0.15, 0.2) is 5.76 Å². The summed E-state index contributed by atoms with van der Waals surface area (Å²) >= 11 is 9.17. The largest absolute Gasteiger partial charge is 0.454 e. The summed E-state index contributed by atoms with van der Waals surface area (Å²) in [6.07, 6.45) is 0. The molecule has 0 radical (unpaired) electrons. The number of hydrogen-bond acceptors (Lipinski definition) is 3. The van der Waals surface area contributed by atoms with Crippen LogP contribution in [0.3, 0.4) is 0 Å². The van der Waals surface area contributed by atoms with E-state index in [1.54, 1.807) is 0 Å². The van der Waals surface area contributed by atoms with Gasteiger partial charge in [0.2, 0.25) is 0 Å². The average molecular weight is 441 g/mol. The van der Waals surface area contributed by atoms with Crippen molar-refractivity contribution < 1.29 is 4.42 Å². The molecule has 2 heterocycles. The average Bonchev–Trinajstić information content (AvgIpc) is 3.19. The van der Waals surface area contributed by atoms with E-state index in [2.05, 4.69) is 56.9 Å². The van der Waals surface area contributed by atoms with Gasteiger partial charge in [0.05, 0.1) is 0 Å². The van der Waals surface area contributed by atoms with Gasteiger partial charge in [0, 0.05) is 41.9 Å². The van der Waals surface area contributed by atoms with Crippen LogP contribution in [0, 0.1) is 6.92 Å². The first-order chi connectivity index (χ1) is 13.1. The van der Waals surface area contributed by atoms with Crippen LogP contribution < -0.4 is 4.90 Å².